The van der Waals surface area contributed by atoms with Crippen molar-refractivity contribution < 1.29 is 10.2 Å². The van der Waals surface area contributed by atoms with E-state index in [9.17, 15) is 0 Å². The van der Waals surface area contributed by atoms with Crippen molar-refractivity contribution in [2.75, 3.05) is 0 Å². The van der Waals surface area contributed by atoms with Crippen LogP contribution in [0.3, 0.4) is 0 Å². The SMILES string of the molecule is Oc1ccc(O)cc1.[Li].[Li]. The molecule has 0 unspecified atom stereocenters. The normalized spacial score (nSPS) is 7.20. The average molecular weight is 124 g/mol. The van der Waals surface area contributed by atoms with Crippen LogP contribution < -0.4 is 0 Å². The van der Waals surface area contributed by atoms with Crippen molar-refractivity contribution in [3.63, 3.8) is 0 Å². The summed E-state index contributed by atoms with van der Waals surface area (Å²) in [6.45, 7) is 0. The Kier molecular flexibility index (Phi) is 7.32. The van der Waals surface area contributed by atoms with E-state index >= 15 is 0 Å². The summed E-state index contributed by atoms with van der Waals surface area (Å²) >= 11 is 0. The Labute approximate surface area is 83.6 Å². The first-order valence-corrected chi connectivity index (χ1v) is 2.27. The monoisotopic (exact) mass is 124 g/mol. The second kappa shape index (κ2) is 5.77. The number of phenols is 2. The van der Waals surface area contributed by atoms with Crippen molar-refractivity contribution in [1.29, 1.82) is 0 Å². The zero-order chi connectivity index (χ0) is 5.98. The molecule has 2 N–H and O–H groups in total. The fraction of sp³-hybridized carbons (Fsp3) is 0. The van der Waals surface area contributed by atoms with Gasteiger partial charge >= 0.3 is 0 Å². The largest absolute Gasteiger partial charge is 0.508 e. The summed E-state index contributed by atoms with van der Waals surface area (Å²) in [5.41, 5.74) is 0. The average Bonchev–Trinajstić information content (AvgIpc) is 1.77. The maximum Gasteiger partial charge on any atom is 0.115 e. The van der Waals surface area contributed by atoms with E-state index in [1.807, 2.05) is 0 Å². The zero-order valence-electron chi connectivity index (χ0n) is 6.20. The van der Waals surface area contributed by atoms with Gasteiger partial charge in [0.15, 0.2) is 0 Å². The van der Waals surface area contributed by atoms with Crippen molar-refractivity contribution in [3.05, 3.63) is 24.3 Å². The van der Waals surface area contributed by atoms with Crippen LogP contribution in [0.5, 0.6) is 11.5 Å². The first-order valence-electron chi connectivity index (χ1n) is 2.27. The molecule has 0 heterocycles. The molecule has 2 nitrogen and oxygen atoms in total. The second-order valence-electron chi connectivity index (χ2n) is 1.52. The molecule has 10 heavy (non-hydrogen) atoms. The van der Waals surface area contributed by atoms with Gasteiger partial charge in [-0.25, -0.2) is 0 Å². The van der Waals surface area contributed by atoms with Crippen LogP contribution in [0.1, 0.15) is 0 Å². The topological polar surface area (TPSA) is 40.5 Å². The summed E-state index contributed by atoms with van der Waals surface area (Å²) < 4.78 is 0. The molecule has 0 amide bonds. The molecule has 0 spiro atoms. The van der Waals surface area contributed by atoms with Gasteiger partial charge in [-0.1, -0.05) is 0 Å². The Balaban J connectivity index is 0. The number of hydrogen-bond acceptors (Lipinski definition) is 2. The molecule has 1 aromatic carbocycles. The van der Waals surface area contributed by atoms with Crippen LogP contribution in [0, 0.1) is 0 Å². The van der Waals surface area contributed by atoms with Gasteiger partial charge in [-0.3, -0.25) is 0 Å². The van der Waals surface area contributed by atoms with Crippen LogP contribution in [0.15, 0.2) is 24.3 Å². The Bertz CT molecular complexity index is 153. The second-order valence-corrected chi connectivity index (χ2v) is 1.52. The summed E-state index contributed by atoms with van der Waals surface area (Å²) in [6, 6.07) is 5.70. The molecule has 2 radical (unpaired) electrons. The minimum atomic E-state index is 0. The maximum atomic E-state index is 8.65. The quantitative estimate of drug-likeness (QED) is 0.386. The number of aromatic hydroxyl groups is 2. The van der Waals surface area contributed by atoms with Gasteiger partial charge in [0.25, 0.3) is 0 Å². The Morgan fingerprint density at radius 2 is 0.900 bits per heavy atom. The molecule has 4 heteroatoms. The standard InChI is InChI=1S/C6H6O2.2Li/c7-5-1-2-6(8)4-3-5;;/h1-4,7-8H;;. The minimum absolute atomic E-state index is 0. The number of benzene rings is 1. The fourth-order valence-electron chi connectivity index (χ4n) is 0.453. The molecule has 0 saturated heterocycles. The van der Waals surface area contributed by atoms with Gasteiger partial charge in [0.2, 0.25) is 0 Å². The van der Waals surface area contributed by atoms with Crippen LogP contribution in [0.4, 0.5) is 0 Å². The van der Waals surface area contributed by atoms with E-state index in [-0.39, 0.29) is 49.2 Å². The van der Waals surface area contributed by atoms with Crippen molar-refractivity contribution in [1.82, 2.24) is 0 Å². The van der Waals surface area contributed by atoms with E-state index in [0.29, 0.717) is 0 Å². The molecule has 1 aromatic rings. The first-order chi connectivity index (χ1) is 3.79. The Hall–Kier alpha value is 0.0148. The van der Waals surface area contributed by atoms with Crippen LogP contribution in [-0.2, 0) is 0 Å². The van der Waals surface area contributed by atoms with Gasteiger partial charge in [0.05, 0.1) is 0 Å². The van der Waals surface area contributed by atoms with E-state index in [1.165, 1.54) is 24.3 Å². The molecular formula is C6H6Li2O2. The van der Waals surface area contributed by atoms with E-state index in [1.54, 1.807) is 0 Å². The Morgan fingerprint density at radius 3 is 1.10 bits per heavy atom. The van der Waals surface area contributed by atoms with Gasteiger partial charge in [0, 0.05) is 37.7 Å². The van der Waals surface area contributed by atoms with E-state index < -0.39 is 0 Å². The predicted molar refractivity (Wildman–Crippen MR) is 41.3 cm³/mol. The molecule has 0 aliphatic rings. The van der Waals surface area contributed by atoms with Crippen molar-refractivity contribution in [2.45, 2.75) is 0 Å². The third-order valence-corrected chi connectivity index (χ3v) is 0.850. The van der Waals surface area contributed by atoms with Gasteiger partial charge in [-0.05, 0) is 24.3 Å². The molecule has 0 saturated carbocycles. The zero-order valence-corrected chi connectivity index (χ0v) is 6.20. The van der Waals surface area contributed by atoms with Crippen LogP contribution in [0.2, 0.25) is 0 Å². The van der Waals surface area contributed by atoms with E-state index in [4.69, 9.17) is 10.2 Å². The molecular weight excluding hydrogens is 118 g/mol. The minimum Gasteiger partial charge on any atom is -0.508 e. The molecule has 0 aliphatic heterocycles. The van der Waals surface area contributed by atoms with Gasteiger partial charge in [-0.2, -0.15) is 0 Å². The number of rotatable bonds is 0. The summed E-state index contributed by atoms with van der Waals surface area (Å²) in [7, 11) is 0. The smallest absolute Gasteiger partial charge is 0.115 e. The van der Waals surface area contributed by atoms with Gasteiger partial charge in [0.1, 0.15) is 11.5 Å². The molecule has 0 aliphatic carbocycles. The molecule has 44 valence electrons. The summed E-state index contributed by atoms with van der Waals surface area (Å²) in [4.78, 5) is 0. The molecule has 0 fully saturated rings. The predicted octanol–water partition coefficient (Wildman–Crippen LogP) is 0.336. The van der Waals surface area contributed by atoms with Crippen molar-refractivity contribution in [2.24, 2.45) is 0 Å². The summed E-state index contributed by atoms with van der Waals surface area (Å²) in [6.07, 6.45) is 0. The van der Waals surface area contributed by atoms with Crippen molar-refractivity contribution in [3.8, 4) is 11.5 Å². The van der Waals surface area contributed by atoms with Crippen LogP contribution in [-0.4, -0.2) is 47.9 Å². The molecule has 0 bridgehead atoms. The van der Waals surface area contributed by atoms with Crippen LogP contribution >= 0.6 is 0 Å². The van der Waals surface area contributed by atoms with Crippen molar-refractivity contribution >= 4 is 37.7 Å². The van der Waals surface area contributed by atoms with E-state index in [0.717, 1.165) is 0 Å². The van der Waals surface area contributed by atoms with Gasteiger partial charge in [-0.15, -0.1) is 0 Å². The number of phenolic OH excluding ortho intramolecular Hbond substituents is 2. The Morgan fingerprint density at radius 1 is 0.700 bits per heavy atom. The molecule has 0 aromatic heterocycles. The first kappa shape index (κ1) is 12.7. The van der Waals surface area contributed by atoms with Crippen LogP contribution in [0.25, 0.3) is 0 Å². The summed E-state index contributed by atoms with van der Waals surface area (Å²) in [5, 5.41) is 17.3. The third-order valence-electron chi connectivity index (χ3n) is 0.850. The maximum absolute atomic E-state index is 8.65. The van der Waals surface area contributed by atoms with E-state index in [2.05, 4.69) is 0 Å². The number of hydrogen-bond donors (Lipinski definition) is 2. The fourth-order valence-corrected chi connectivity index (χ4v) is 0.453. The molecule has 0 atom stereocenters. The van der Waals surface area contributed by atoms with Gasteiger partial charge < -0.3 is 10.2 Å². The summed E-state index contributed by atoms with van der Waals surface area (Å²) in [5.74, 6) is 0.339. The molecule has 1 rings (SSSR count). The third kappa shape index (κ3) is 3.93.